The van der Waals surface area contributed by atoms with Gasteiger partial charge in [0.2, 0.25) is 0 Å². The highest BCUT2D eigenvalue weighted by Gasteiger charge is 2.29. The van der Waals surface area contributed by atoms with Crippen LogP contribution in [0.2, 0.25) is 0 Å². The molecule has 16 heavy (non-hydrogen) atoms. The molecule has 0 spiro atoms. The van der Waals surface area contributed by atoms with Crippen molar-refractivity contribution in [2.45, 2.75) is 9.79 Å². The SMILES string of the molecule is C#CCN1Sc2ccc([N+](=O)[O-])cc2S1=O. The Balaban J connectivity index is 2.39. The minimum atomic E-state index is -1.41. The average molecular weight is 254 g/mol. The summed E-state index contributed by atoms with van der Waals surface area (Å²) in [5.74, 6) is 2.39. The zero-order chi connectivity index (χ0) is 11.7. The summed E-state index contributed by atoms with van der Waals surface area (Å²) < 4.78 is 13.4. The lowest BCUT2D eigenvalue weighted by Crippen LogP contribution is -2.13. The molecule has 0 N–H and O–H groups in total. The lowest BCUT2D eigenvalue weighted by molar-refractivity contribution is -0.385. The number of non-ortho nitro benzene ring substituents is 1. The van der Waals surface area contributed by atoms with Gasteiger partial charge in [-0.25, -0.2) is 4.21 Å². The zero-order valence-electron chi connectivity index (χ0n) is 7.95. The van der Waals surface area contributed by atoms with Crippen LogP contribution in [0.15, 0.2) is 28.0 Å². The highest BCUT2D eigenvalue weighted by atomic mass is 32.2. The predicted molar refractivity (Wildman–Crippen MR) is 60.9 cm³/mol. The summed E-state index contributed by atoms with van der Waals surface area (Å²) in [4.78, 5) is 11.3. The van der Waals surface area contributed by atoms with Crippen molar-refractivity contribution in [3.8, 4) is 12.3 Å². The van der Waals surface area contributed by atoms with E-state index in [1.807, 2.05) is 0 Å². The summed E-state index contributed by atoms with van der Waals surface area (Å²) in [6, 6.07) is 4.31. The third-order valence-corrected chi connectivity index (χ3v) is 4.79. The first-order chi connectivity index (χ1) is 7.63. The standard InChI is InChI=1S/C9H6N2O3S2/c1-2-5-10-15-8-4-3-7(11(12)13)6-9(8)16(10)14/h1,3-4,6H,5H2. The normalized spacial score (nSPS) is 19.1. The fourth-order valence-electron chi connectivity index (χ4n) is 1.24. The third-order valence-electron chi connectivity index (χ3n) is 1.93. The monoisotopic (exact) mass is 254 g/mol. The minimum absolute atomic E-state index is 0.0599. The number of benzene rings is 1. The van der Waals surface area contributed by atoms with Crippen molar-refractivity contribution in [3.05, 3.63) is 28.3 Å². The zero-order valence-corrected chi connectivity index (χ0v) is 9.59. The Hall–Kier alpha value is -1.36. The second kappa shape index (κ2) is 4.25. The topological polar surface area (TPSA) is 63.4 Å². The summed E-state index contributed by atoms with van der Waals surface area (Å²) in [6.45, 7) is 0.236. The lowest BCUT2D eigenvalue weighted by Gasteiger charge is -2.05. The Morgan fingerprint density at radius 2 is 2.38 bits per heavy atom. The summed E-state index contributed by atoms with van der Waals surface area (Å²) in [6.07, 6.45) is 5.14. The highest BCUT2D eigenvalue weighted by Crippen LogP contribution is 2.40. The number of nitrogens with zero attached hydrogens (tertiary/aromatic N) is 2. The average Bonchev–Trinajstić information content (AvgIpc) is 2.56. The van der Waals surface area contributed by atoms with E-state index in [1.54, 1.807) is 6.07 Å². The third kappa shape index (κ3) is 1.82. The van der Waals surface area contributed by atoms with E-state index in [0.717, 1.165) is 4.90 Å². The first-order valence-corrected chi connectivity index (χ1v) is 6.11. The molecule has 1 aromatic rings. The molecular weight excluding hydrogens is 248 g/mol. The van der Waals surface area contributed by atoms with Gasteiger partial charge in [-0.1, -0.05) is 5.92 Å². The van der Waals surface area contributed by atoms with Crippen LogP contribution in [-0.2, 0) is 11.0 Å². The van der Waals surface area contributed by atoms with Crippen LogP contribution in [0, 0.1) is 22.5 Å². The predicted octanol–water partition coefficient (Wildman–Crippen LogP) is 1.57. The molecule has 0 bridgehead atoms. The van der Waals surface area contributed by atoms with E-state index in [2.05, 4.69) is 5.92 Å². The van der Waals surface area contributed by atoms with Gasteiger partial charge in [0.25, 0.3) is 5.69 Å². The van der Waals surface area contributed by atoms with Gasteiger partial charge in [0.15, 0.2) is 0 Å². The molecular formula is C9H6N2O3S2. The molecule has 1 unspecified atom stereocenters. The summed E-state index contributed by atoms with van der Waals surface area (Å²) in [5.41, 5.74) is -0.0599. The molecule has 7 heteroatoms. The summed E-state index contributed by atoms with van der Waals surface area (Å²) in [5, 5.41) is 10.6. The van der Waals surface area contributed by atoms with Gasteiger partial charge in [-0.05, 0) is 18.0 Å². The summed E-state index contributed by atoms with van der Waals surface area (Å²) >= 11 is 1.26. The summed E-state index contributed by atoms with van der Waals surface area (Å²) in [7, 11) is -1.41. The van der Waals surface area contributed by atoms with Gasteiger partial charge in [0.05, 0.1) is 16.4 Å². The number of hydrogen-bond donors (Lipinski definition) is 0. The quantitative estimate of drug-likeness (QED) is 0.348. The van der Waals surface area contributed by atoms with Crippen molar-refractivity contribution in [3.63, 3.8) is 0 Å². The molecule has 0 aliphatic carbocycles. The van der Waals surface area contributed by atoms with Gasteiger partial charge in [-0.2, -0.15) is 0 Å². The van der Waals surface area contributed by atoms with Crippen molar-refractivity contribution < 1.29 is 9.13 Å². The molecule has 0 aromatic heterocycles. The molecule has 1 aromatic carbocycles. The fraction of sp³-hybridized carbons (Fsp3) is 0.111. The second-order valence-corrected chi connectivity index (χ2v) is 5.60. The number of hydrogen-bond acceptors (Lipinski definition) is 4. The Morgan fingerprint density at radius 1 is 1.62 bits per heavy atom. The Bertz CT molecular complexity index is 524. The maximum Gasteiger partial charge on any atom is 0.270 e. The maximum atomic E-state index is 11.9. The van der Waals surface area contributed by atoms with Crippen molar-refractivity contribution in [2.75, 3.05) is 6.54 Å². The minimum Gasteiger partial charge on any atom is -0.258 e. The van der Waals surface area contributed by atoms with Crippen molar-refractivity contribution in [1.29, 1.82) is 0 Å². The molecule has 1 atom stereocenters. The van der Waals surface area contributed by atoms with E-state index in [1.165, 1.54) is 27.8 Å². The second-order valence-electron chi connectivity index (χ2n) is 2.92. The van der Waals surface area contributed by atoms with Crippen LogP contribution >= 0.6 is 11.9 Å². The fourth-order valence-corrected chi connectivity index (χ4v) is 3.83. The number of fused-ring (bicyclic) bond motifs is 1. The molecule has 82 valence electrons. The largest absolute Gasteiger partial charge is 0.270 e. The van der Waals surface area contributed by atoms with Crippen molar-refractivity contribution in [1.82, 2.24) is 3.71 Å². The van der Waals surface area contributed by atoms with Crippen molar-refractivity contribution >= 4 is 28.6 Å². The van der Waals surface area contributed by atoms with Crippen LogP contribution in [0.25, 0.3) is 0 Å². The van der Waals surface area contributed by atoms with Crippen molar-refractivity contribution in [2.24, 2.45) is 0 Å². The Kier molecular flexibility index (Phi) is 2.96. The van der Waals surface area contributed by atoms with E-state index in [9.17, 15) is 14.3 Å². The number of terminal acetylenes is 1. The van der Waals surface area contributed by atoms with Crippen LogP contribution in [-0.4, -0.2) is 19.4 Å². The first kappa shape index (κ1) is 11.1. The number of nitro benzene ring substituents is 1. The molecule has 0 fully saturated rings. The molecule has 0 radical (unpaired) electrons. The van der Waals surface area contributed by atoms with Gasteiger partial charge < -0.3 is 0 Å². The van der Waals surface area contributed by atoms with Gasteiger partial charge in [-0.3, -0.25) is 10.1 Å². The van der Waals surface area contributed by atoms with E-state index in [4.69, 9.17) is 6.42 Å². The molecule has 5 nitrogen and oxygen atoms in total. The maximum absolute atomic E-state index is 11.9. The van der Waals surface area contributed by atoms with E-state index in [-0.39, 0.29) is 12.2 Å². The van der Waals surface area contributed by atoms with E-state index in [0.29, 0.717) is 4.90 Å². The van der Waals surface area contributed by atoms with Gasteiger partial charge in [0, 0.05) is 17.0 Å². The van der Waals surface area contributed by atoms with Crippen LogP contribution < -0.4 is 0 Å². The highest BCUT2D eigenvalue weighted by molar-refractivity contribution is 8.09. The first-order valence-electron chi connectivity index (χ1n) is 4.23. The Morgan fingerprint density at radius 3 is 3.00 bits per heavy atom. The molecule has 2 rings (SSSR count). The number of rotatable bonds is 2. The van der Waals surface area contributed by atoms with Gasteiger partial charge in [0.1, 0.15) is 11.0 Å². The van der Waals surface area contributed by atoms with Gasteiger partial charge in [-0.15, -0.1) is 10.1 Å². The Labute approximate surface area is 98.7 Å². The molecule has 1 aliphatic rings. The van der Waals surface area contributed by atoms with Crippen LogP contribution in [0.5, 0.6) is 0 Å². The van der Waals surface area contributed by atoms with Crippen LogP contribution in [0.3, 0.4) is 0 Å². The molecule has 0 saturated carbocycles. The van der Waals surface area contributed by atoms with E-state index >= 15 is 0 Å². The smallest absolute Gasteiger partial charge is 0.258 e. The van der Waals surface area contributed by atoms with Crippen LogP contribution in [0.1, 0.15) is 0 Å². The molecule has 0 saturated heterocycles. The van der Waals surface area contributed by atoms with Gasteiger partial charge >= 0.3 is 0 Å². The van der Waals surface area contributed by atoms with Crippen LogP contribution in [0.4, 0.5) is 5.69 Å². The molecule has 1 heterocycles. The lowest BCUT2D eigenvalue weighted by atomic mass is 10.3. The molecule has 0 amide bonds. The number of nitro groups is 1. The van der Waals surface area contributed by atoms with E-state index < -0.39 is 15.9 Å². The molecule has 1 aliphatic heterocycles.